The first kappa shape index (κ1) is 14.8. The third-order valence-electron chi connectivity index (χ3n) is 2.97. The van der Waals surface area contributed by atoms with E-state index >= 15 is 0 Å². The van der Waals surface area contributed by atoms with Crippen molar-refractivity contribution in [2.45, 2.75) is 39.8 Å². The molecule has 0 saturated heterocycles. The van der Waals surface area contributed by atoms with Crippen LogP contribution in [-0.4, -0.2) is 42.2 Å². The summed E-state index contributed by atoms with van der Waals surface area (Å²) in [6.07, 6.45) is 1.73. The third-order valence-corrected chi connectivity index (χ3v) is 2.97. The first-order chi connectivity index (χ1) is 8.54. The lowest BCUT2D eigenvalue weighted by molar-refractivity contribution is 0.182. The molecule has 0 atom stereocenters. The van der Waals surface area contributed by atoms with Gasteiger partial charge in [-0.1, -0.05) is 0 Å². The Bertz CT molecular complexity index is 327. The molecule has 0 radical (unpaired) electrons. The Morgan fingerprint density at radius 2 is 1.89 bits per heavy atom. The maximum absolute atomic E-state index is 5.08. The van der Waals surface area contributed by atoms with E-state index in [1.165, 1.54) is 0 Å². The van der Waals surface area contributed by atoms with E-state index in [-0.39, 0.29) is 0 Å². The summed E-state index contributed by atoms with van der Waals surface area (Å²) in [6, 6.07) is 4.98. The second-order valence-corrected chi connectivity index (χ2v) is 4.94. The summed E-state index contributed by atoms with van der Waals surface area (Å²) in [5.74, 6) is 1.68. The van der Waals surface area contributed by atoms with Crippen molar-refractivity contribution in [3.8, 4) is 5.75 Å². The van der Waals surface area contributed by atoms with Crippen LogP contribution in [-0.2, 0) is 0 Å². The molecule has 0 fully saturated rings. The van der Waals surface area contributed by atoms with E-state index in [9.17, 15) is 0 Å². The van der Waals surface area contributed by atoms with Gasteiger partial charge in [-0.3, -0.25) is 4.90 Å². The zero-order chi connectivity index (χ0) is 13.5. The van der Waals surface area contributed by atoms with Crippen LogP contribution in [0.15, 0.2) is 18.3 Å². The summed E-state index contributed by atoms with van der Waals surface area (Å²) >= 11 is 0. The van der Waals surface area contributed by atoms with Crippen molar-refractivity contribution in [1.82, 2.24) is 9.88 Å². The lowest BCUT2D eigenvalue weighted by atomic mass is 10.2. The topological polar surface area (TPSA) is 37.4 Å². The summed E-state index contributed by atoms with van der Waals surface area (Å²) in [4.78, 5) is 6.74. The quantitative estimate of drug-likeness (QED) is 0.808. The van der Waals surface area contributed by atoms with Gasteiger partial charge in [0.05, 0.1) is 13.3 Å². The van der Waals surface area contributed by atoms with Crippen molar-refractivity contribution in [3.05, 3.63) is 18.3 Å². The normalized spacial score (nSPS) is 11.3. The molecular formula is C14H25N3O. The standard InChI is InChI=1S/C14H25N3O/c1-11(2)17(12(3)4)9-8-15-14-7-6-13(18-5)10-16-14/h6-7,10-12H,8-9H2,1-5H3,(H,15,16). The van der Waals surface area contributed by atoms with Crippen LogP contribution in [0.5, 0.6) is 5.75 Å². The Balaban J connectivity index is 2.40. The number of nitrogens with zero attached hydrogens (tertiary/aromatic N) is 2. The molecular weight excluding hydrogens is 226 g/mol. The number of ether oxygens (including phenoxy) is 1. The van der Waals surface area contributed by atoms with Gasteiger partial charge in [-0.15, -0.1) is 0 Å². The van der Waals surface area contributed by atoms with E-state index in [4.69, 9.17) is 4.74 Å². The van der Waals surface area contributed by atoms with Crippen LogP contribution >= 0.6 is 0 Å². The number of hydrogen-bond donors (Lipinski definition) is 1. The fourth-order valence-electron chi connectivity index (χ4n) is 2.03. The largest absolute Gasteiger partial charge is 0.495 e. The third kappa shape index (κ3) is 4.53. The molecule has 1 aromatic rings. The molecule has 1 N–H and O–H groups in total. The number of aromatic nitrogens is 1. The van der Waals surface area contributed by atoms with Crippen LogP contribution in [0.25, 0.3) is 0 Å². The van der Waals surface area contributed by atoms with Crippen LogP contribution in [0.3, 0.4) is 0 Å². The number of nitrogens with one attached hydrogen (secondary N) is 1. The highest BCUT2D eigenvalue weighted by atomic mass is 16.5. The molecule has 1 heterocycles. The minimum Gasteiger partial charge on any atom is -0.495 e. The van der Waals surface area contributed by atoms with Crippen molar-refractivity contribution in [3.63, 3.8) is 0 Å². The second kappa shape index (κ2) is 7.21. The van der Waals surface area contributed by atoms with Crippen molar-refractivity contribution in [2.24, 2.45) is 0 Å². The lowest BCUT2D eigenvalue weighted by Gasteiger charge is -2.30. The number of hydrogen-bond acceptors (Lipinski definition) is 4. The van der Waals surface area contributed by atoms with Gasteiger partial charge in [0.25, 0.3) is 0 Å². The van der Waals surface area contributed by atoms with E-state index in [0.717, 1.165) is 24.7 Å². The molecule has 4 nitrogen and oxygen atoms in total. The molecule has 0 spiro atoms. The SMILES string of the molecule is COc1ccc(NCCN(C(C)C)C(C)C)nc1. The monoisotopic (exact) mass is 251 g/mol. The summed E-state index contributed by atoms with van der Waals surface area (Å²) in [5.41, 5.74) is 0. The van der Waals surface area contributed by atoms with Crippen LogP contribution in [0.2, 0.25) is 0 Å². The highest BCUT2D eigenvalue weighted by Gasteiger charge is 2.12. The fraction of sp³-hybridized carbons (Fsp3) is 0.643. The zero-order valence-corrected chi connectivity index (χ0v) is 12.1. The van der Waals surface area contributed by atoms with E-state index in [1.807, 2.05) is 12.1 Å². The van der Waals surface area contributed by atoms with Gasteiger partial charge >= 0.3 is 0 Å². The first-order valence-corrected chi connectivity index (χ1v) is 6.54. The van der Waals surface area contributed by atoms with Crippen molar-refractivity contribution < 1.29 is 4.74 Å². The van der Waals surface area contributed by atoms with Crippen molar-refractivity contribution in [1.29, 1.82) is 0 Å². The van der Waals surface area contributed by atoms with Crippen molar-refractivity contribution >= 4 is 5.82 Å². The summed E-state index contributed by atoms with van der Waals surface area (Å²) in [6.45, 7) is 10.8. The molecule has 0 amide bonds. The number of methoxy groups -OCH3 is 1. The molecule has 0 aliphatic carbocycles. The van der Waals surface area contributed by atoms with E-state index < -0.39 is 0 Å². The molecule has 0 saturated carbocycles. The van der Waals surface area contributed by atoms with Gasteiger partial charge in [0.1, 0.15) is 11.6 Å². The summed E-state index contributed by atoms with van der Waals surface area (Å²) < 4.78 is 5.08. The molecule has 102 valence electrons. The Labute approximate surface area is 110 Å². The number of pyridine rings is 1. The molecule has 0 aliphatic rings. The van der Waals surface area contributed by atoms with Crippen LogP contribution in [0, 0.1) is 0 Å². The number of rotatable bonds is 7. The highest BCUT2D eigenvalue weighted by Crippen LogP contribution is 2.11. The van der Waals surface area contributed by atoms with Gasteiger partial charge in [0.15, 0.2) is 0 Å². The molecule has 0 aliphatic heterocycles. The predicted molar refractivity (Wildman–Crippen MR) is 76.3 cm³/mol. The summed E-state index contributed by atoms with van der Waals surface area (Å²) in [5, 5.41) is 3.33. The summed E-state index contributed by atoms with van der Waals surface area (Å²) in [7, 11) is 1.65. The highest BCUT2D eigenvalue weighted by molar-refractivity contribution is 5.37. The van der Waals surface area contributed by atoms with E-state index in [1.54, 1.807) is 13.3 Å². The predicted octanol–water partition coefficient (Wildman–Crippen LogP) is 2.62. The molecule has 0 bridgehead atoms. The Kier molecular flexibility index (Phi) is 5.92. The van der Waals surface area contributed by atoms with Gasteiger partial charge in [-0.05, 0) is 39.8 Å². The van der Waals surface area contributed by atoms with Crippen LogP contribution in [0.1, 0.15) is 27.7 Å². The maximum atomic E-state index is 5.08. The van der Waals surface area contributed by atoms with Gasteiger partial charge in [0, 0.05) is 25.2 Å². The van der Waals surface area contributed by atoms with Crippen LogP contribution < -0.4 is 10.1 Å². The molecule has 4 heteroatoms. The van der Waals surface area contributed by atoms with Gasteiger partial charge in [-0.2, -0.15) is 0 Å². The fourth-order valence-corrected chi connectivity index (χ4v) is 2.03. The Hall–Kier alpha value is -1.29. The van der Waals surface area contributed by atoms with Gasteiger partial charge in [-0.25, -0.2) is 4.98 Å². The Morgan fingerprint density at radius 3 is 2.33 bits per heavy atom. The number of anilines is 1. The Morgan fingerprint density at radius 1 is 1.22 bits per heavy atom. The molecule has 0 aromatic carbocycles. The smallest absolute Gasteiger partial charge is 0.137 e. The van der Waals surface area contributed by atoms with Crippen LogP contribution in [0.4, 0.5) is 5.82 Å². The molecule has 1 aromatic heterocycles. The van der Waals surface area contributed by atoms with Crippen molar-refractivity contribution in [2.75, 3.05) is 25.5 Å². The van der Waals surface area contributed by atoms with E-state index in [2.05, 4.69) is 42.9 Å². The minimum atomic E-state index is 0.565. The van der Waals surface area contributed by atoms with Gasteiger partial charge < -0.3 is 10.1 Å². The second-order valence-electron chi connectivity index (χ2n) is 4.94. The zero-order valence-electron chi connectivity index (χ0n) is 12.1. The molecule has 1 rings (SSSR count). The first-order valence-electron chi connectivity index (χ1n) is 6.54. The average Bonchev–Trinajstić information content (AvgIpc) is 2.34. The molecule has 0 unspecified atom stereocenters. The lowest BCUT2D eigenvalue weighted by Crippen LogP contribution is -2.40. The minimum absolute atomic E-state index is 0.565. The maximum Gasteiger partial charge on any atom is 0.137 e. The average molecular weight is 251 g/mol. The van der Waals surface area contributed by atoms with E-state index in [0.29, 0.717) is 12.1 Å². The molecule has 18 heavy (non-hydrogen) atoms. The van der Waals surface area contributed by atoms with Gasteiger partial charge in [0.2, 0.25) is 0 Å².